The molecule has 1 heterocycles. The van der Waals surface area contributed by atoms with E-state index in [0.717, 1.165) is 12.0 Å². The van der Waals surface area contributed by atoms with Crippen molar-refractivity contribution >= 4 is 11.6 Å². The smallest absolute Gasteiger partial charge is 0.141 e. The highest BCUT2D eigenvalue weighted by Gasteiger charge is 2.27. The Balaban J connectivity index is 2.38. The molecule has 0 bridgehead atoms. The summed E-state index contributed by atoms with van der Waals surface area (Å²) in [5.74, 6) is 0.736. The number of halogens is 1. The number of nitrogens with two attached hydrogens (primary N) is 1. The molecule has 1 aliphatic rings. The van der Waals surface area contributed by atoms with E-state index < -0.39 is 6.10 Å². The van der Waals surface area contributed by atoms with Crippen molar-refractivity contribution in [3.8, 4) is 5.75 Å². The normalized spacial score (nSPS) is 21.7. The maximum Gasteiger partial charge on any atom is 0.141 e. The van der Waals surface area contributed by atoms with Crippen LogP contribution in [0.5, 0.6) is 5.75 Å². The number of ether oxygens (including phenoxy) is 1. The van der Waals surface area contributed by atoms with Gasteiger partial charge in [0.15, 0.2) is 0 Å². The maximum absolute atomic E-state index is 9.80. The molecule has 0 amide bonds. The number of aliphatic hydroxyl groups excluding tert-OH is 1. The van der Waals surface area contributed by atoms with Crippen molar-refractivity contribution in [3.63, 3.8) is 0 Å². The number of fused-ring (bicyclic) bond motifs is 1. The number of rotatable bonds is 2. The van der Waals surface area contributed by atoms with E-state index in [0.29, 0.717) is 17.4 Å². The molecule has 15 heavy (non-hydrogen) atoms. The Bertz CT molecular complexity index is 356. The summed E-state index contributed by atoms with van der Waals surface area (Å²) >= 11 is 6.02. The molecule has 1 aliphatic heterocycles. The Kier molecular flexibility index (Phi) is 3.14. The van der Waals surface area contributed by atoms with Gasteiger partial charge in [-0.1, -0.05) is 23.7 Å². The van der Waals surface area contributed by atoms with E-state index in [4.69, 9.17) is 22.1 Å². The molecule has 82 valence electrons. The van der Waals surface area contributed by atoms with Gasteiger partial charge in [-0.2, -0.15) is 0 Å². The Morgan fingerprint density at radius 2 is 2.40 bits per heavy atom. The van der Waals surface area contributed by atoms with Crippen LogP contribution in [0.15, 0.2) is 18.2 Å². The van der Waals surface area contributed by atoms with E-state index in [1.54, 1.807) is 6.07 Å². The summed E-state index contributed by atoms with van der Waals surface area (Å²) in [5, 5.41) is 10.4. The Labute approximate surface area is 93.8 Å². The largest absolute Gasteiger partial charge is 0.492 e. The fourth-order valence-corrected chi connectivity index (χ4v) is 2.21. The molecule has 1 aromatic rings. The topological polar surface area (TPSA) is 55.5 Å². The van der Waals surface area contributed by atoms with Gasteiger partial charge in [-0.3, -0.25) is 0 Å². The molecule has 2 unspecified atom stereocenters. The first-order valence-electron chi connectivity index (χ1n) is 5.03. The summed E-state index contributed by atoms with van der Waals surface area (Å²) in [6, 6.07) is 5.59. The van der Waals surface area contributed by atoms with Gasteiger partial charge in [-0.25, -0.2) is 0 Å². The summed E-state index contributed by atoms with van der Waals surface area (Å²) < 4.78 is 5.50. The first-order valence-corrected chi connectivity index (χ1v) is 5.41. The average molecular weight is 228 g/mol. The Morgan fingerprint density at radius 1 is 1.60 bits per heavy atom. The molecular weight excluding hydrogens is 214 g/mol. The quantitative estimate of drug-likeness (QED) is 0.806. The number of hydrogen-bond acceptors (Lipinski definition) is 3. The van der Waals surface area contributed by atoms with Crippen molar-refractivity contribution in [3.05, 3.63) is 28.8 Å². The van der Waals surface area contributed by atoms with Gasteiger partial charge in [-0.15, -0.1) is 0 Å². The molecule has 0 fully saturated rings. The van der Waals surface area contributed by atoms with E-state index in [9.17, 15) is 5.11 Å². The lowest BCUT2D eigenvalue weighted by atomic mass is 9.88. The SMILES string of the molecule is NCC(O)C1CCOc2c(Cl)cccc21. The first kappa shape index (κ1) is 10.7. The number of para-hydroxylation sites is 1. The monoisotopic (exact) mass is 227 g/mol. The molecule has 2 rings (SSSR count). The minimum atomic E-state index is -0.522. The van der Waals surface area contributed by atoms with Crippen molar-refractivity contribution in [1.82, 2.24) is 0 Å². The second kappa shape index (κ2) is 4.39. The third kappa shape index (κ3) is 1.95. The second-order valence-electron chi connectivity index (χ2n) is 3.70. The first-order chi connectivity index (χ1) is 7.24. The summed E-state index contributed by atoms with van der Waals surface area (Å²) in [4.78, 5) is 0. The predicted molar refractivity (Wildman–Crippen MR) is 59.4 cm³/mol. The van der Waals surface area contributed by atoms with Crippen LogP contribution in [0.4, 0.5) is 0 Å². The van der Waals surface area contributed by atoms with Crippen molar-refractivity contribution in [2.75, 3.05) is 13.2 Å². The van der Waals surface area contributed by atoms with E-state index in [2.05, 4.69) is 0 Å². The molecule has 3 N–H and O–H groups in total. The second-order valence-corrected chi connectivity index (χ2v) is 4.11. The summed E-state index contributed by atoms with van der Waals surface area (Å²) in [6.45, 7) is 0.842. The van der Waals surface area contributed by atoms with Gasteiger partial charge in [-0.05, 0) is 12.5 Å². The summed E-state index contributed by atoms with van der Waals surface area (Å²) in [7, 11) is 0. The standard InChI is InChI=1S/C11H14ClNO2/c12-9-3-1-2-8-7(10(14)6-13)4-5-15-11(8)9/h1-3,7,10,14H,4-6,13H2. The zero-order valence-electron chi connectivity index (χ0n) is 8.32. The van der Waals surface area contributed by atoms with Crippen LogP contribution in [0.2, 0.25) is 5.02 Å². The van der Waals surface area contributed by atoms with Gasteiger partial charge in [0.25, 0.3) is 0 Å². The van der Waals surface area contributed by atoms with E-state index in [1.165, 1.54) is 0 Å². The number of aliphatic hydroxyl groups is 1. The molecule has 1 aromatic carbocycles. The fourth-order valence-electron chi connectivity index (χ4n) is 1.98. The lowest BCUT2D eigenvalue weighted by Gasteiger charge is -2.29. The summed E-state index contributed by atoms with van der Waals surface area (Å²) in [6.07, 6.45) is 0.261. The highest BCUT2D eigenvalue weighted by atomic mass is 35.5. The molecule has 2 atom stereocenters. The van der Waals surface area contributed by atoms with Crippen molar-refractivity contribution in [2.24, 2.45) is 5.73 Å². The van der Waals surface area contributed by atoms with Crippen LogP contribution < -0.4 is 10.5 Å². The van der Waals surface area contributed by atoms with Gasteiger partial charge in [0, 0.05) is 18.0 Å². The lowest BCUT2D eigenvalue weighted by molar-refractivity contribution is 0.123. The van der Waals surface area contributed by atoms with Gasteiger partial charge in [0.05, 0.1) is 17.7 Å². The summed E-state index contributed by atoms with van der Waals surface area (Å²) in [5.41, 5.74) is 6.44. The third-order valence-electron chi connectivity index (χ3n) is 2.78. The van der Waals surface area contributed by atoms with E-state index >= 15 is 0 Å². The van der Waals surface area contributed by atoms with Crippen molar-refractivity contribution in [1.29, 1.82) is 0 Å². The Hall–Kier alpha value is -0.770. The number of benzene rings is 1. The molecule has 0 aliphatic carbocycles. The molecule has 0 saturated heterocycles. The highest BCUT2D eigenvalue weighted by molar-refractivity contribution is 6.32. The van der Waals surface area contributed by atoms with Crippen LogP contribution in [-0.4, -0.2) is 24.4 Å². The van der Waals surface area contributed by atoms with E-state index in [-0.39, 0.29) is 12.5 Å². The van der Waals surface area contributed by atoms with E-state index in [1.807, 2.05) is 12.1 Å². The molecular formula is C11H14ClNO2. The lowest BCUT2D eigenvalue weighted by Crippen LogP contribution is -2.31. The van der Waals surface area contributed by atoms with Gasteiger partial charge >= 0.3 is 0 Å². The van der Waals surface area contributed by atoms with Crippen molar-refractivity contribution < 1.29 is 9.84 Å². The zero-order valence-corrected chi connectivity index (χ0v) is 9.07. The highest BCUT2D eigenvalue weighted by Crippen LogP contribution is 2.39. The van der Waals surface area contributed by atoms with Gasteiger partial charge < -0.3 is 15.6 Å². The van der Waals surface area contributed by atoms with Crippen LogP contribution >= 0.6 is 11.6 Å². The zero-order chi connectivity index (χ0) is 10.8. The fraction of sp³-hybridized carbons (Fsp3) is 0.455. The molecule has 4 heteroatoms. The minimum Gasteiger partial charge on any atom is -0.492 e. The van der Waals surface area contributed by atoms with Crippen LogP contribution in [0, 0.1) is 0 Å². The number of hydrogen-bond donors (Lipinski definition) is 2. The predicted octanol–water partition coefficient (Wildman–Crippen LogP) is 1.53. The molecule has 3 nitrogen and oxygen atoms in total. The third-order valence-corrected chi connectivity index (χ3v) is 3.08. The maximum atomic E-state index is 9.80. The molecule has 0 radical (unpaired) electrons. The van der Waals surface area contributed by atoms with Crippen LogP contribution in [0.3, 0.4) is 0 Å². The molecule has 0 spiro atoms. The molecule has 0 saturated carbocycles. The van der Waals surface area contributed by atoms with Crippen LogP contribution in [-0.2, 0) is 0 Å². The van der Waals surface area contributed by atoms with Crippen molar-refractivity contribution in [2.45, 2.75) is 18.4 Å². The molecule has 0 aromatic heterocycles. The van der Waals surface area contributed by atoms with Gasteiger partial charge in [0.2, 0.25) is 0 Å². The minimum absolute atomic E-state index is 0.0393. The van der Waals surface area contributed by atoms with Gasteiger partial charge in [0.1, 0.15) is 5.75 Å². The van der Waals surface area contributed by atoms with Crippen LogP contribution in [0.1, 0.15) is 17.9 Å². The Morgan fingerprint density at radius 3 is 3.13 bits per heavy atom. The van der Waals surface area contributed by atoms with Crippen LogP contribution in [0.25, 0.3) is 0 Å². The average Bonchev–Trinajstić information content (AvgIpc) is 2.28.